The fraction of sp³-hybridized carbons (Fsp3) is 0.125. The Morgan fingerprint density at radius 3 is 2.36 bits per heavy atom. The molecule has 0 saturated heterocycles. The molecule has 0 fully saturated rings. The van der Waals surface area contributed by atoms with E-state index in [4.69, 9.17) is 27.9 Å². The highest BCUT2D eigenvalue weighted by molar-refractivity contribution is 6.39. The molecule has 2 aromatic carbocycles. The van der Waals surface area contributed by atoms with Crippen molar-refractivity contribution in [3.8, 4) is 0 Å². The van der Waals surface area contributed by atoms with Crippen LogP contribution < -0.4 is 5.32 Å². The standard InChI is InChI=1S/C16H12Cl2N2O5/c1-9-12(6-3-7-13(9)20(23)24)19-14(21)8-25-16(22)15-10(17)4-2-5-11(15)18/h2-7H,8H2,1H3,(H,19,21). The van der Waals surface area contributed by atoms with Crippen LogP contribution in [0.3, 0.4) is 0 Å². The van der Waals surface area contributed by atoms with Crippen LogP contribution >= 0.6 is 23.2 Å². The van der Waals surface area contributed by atoms with Gasteiger partial charge in [-0.15, -0.1) is 0 Å². The van der Waals surface area contributed by atoms with Crippen molar-refractivity contribution < 1.29 is 19.2 Å². The zero-order valence-electron chi connectivity index (χ0n) is 12.9. The van der Waals surface area contributed by atoms with Crippen molar-refractivity contribution in [1.29, 1.82) is 0 Å². The summed E-state index contributed by atoms with van der Waals surface area (Å²) in [6.07, 6.45) is 0. The van der Waals surface area contributed by atoms with Gasteiger partial charge >= 0.3 is 5.97 Å². The average Bonchev–Trinajstić information content (AvgIpc) is 2.54. The fourth-order valence-electron chi connectivity index (χ4n) is 2.04. The van der Waals surface area contributed by atoms with Gasteiger partial charge in [0.25, 0.3) is 11.6 Å². The minimum absolute atomic E-state index is 0.0369. The van der Waals surface area contributed by atoms with E-state index in [1.807, 2.05) is 0 Å². The van der Waals surface area contributed by atoms with Crippen molar-refractivity contribution >= 4 is 46.5 Å². The molecule has 9 heteroatoms. The summed E-state index contributed by atoms with van der Waals surface area (Å²) in [4.78, 5) is 34.3. The molecule has 2 aromatic rings. The number of anilines is 1. The third kappa shape index (κ3) is 4.46. The Balaban J connectivity index is 2.03. The number of rotatable bonds is 5. The van der Waals surface area contributed by atoms with Gasteiger partial charge in [-0.3, -0.25) is 14.9 Å². The molecule has 0 aliphatic carbocycles. The third-order valence-corrected chi connectivity index (χ3v) is 3.91. The molecule has 130 valence electrons. The Hall–Kier alpha value is -2.64. The molecule has 25 heavy (non-hydrogen) atoms. The van der Waals surface area contributed by atoms with Gasteiger partial charge in [-0.05, 0) is 25.1 Å². The first-order valence-electron chi connectivity index (χ1n) is 6.96. The number of carbonyl (C=O) groups is 2. The molecule has 1 amide bonds. The zero-order chi connectivity index (χ0) is 18.6. The van der Waals surface area contributed by atoms with Gasteiger partial charge in [0.2, 0.25) is 0 Å². The molecule has 0 aliphatic heterocycles. The van der Waals surface area contributed by atoms with E-state index in [-0.39, 0.29) is 27.0 Å². The number of esters is 1. The second kappa shape index (κ2) is 7.96. The first-order valence-corrected chi connectivity index (χ1v) is 7.72. The zero-order valence-corrected chi connectivity index (χ0v) is 14.4. The van der Waals surface area contributed by atoms with Crippen molar-refractivity contribution in [2.45, 2.75) is 6.92 Å². The Labute approximate surface area is 152 Å². The van der Waals surface area contributed by atoms with Gasteiger partial charge in [-0.25, -0.2) is 4.79 Å². The number of hydrogen-bond donors (Lipinski definition) is 1. The highest BCUT2D eigenvalue weighted by Crippen LogP contribution is 2.26. The number of nitro groups is 1. The predicted molar refractivity (Wildman–Crippen MR) is 93.2 cm³/mol. The number of nitrogens with one attached hydrogen (secondary N) is 1. The van der Waals surface area contributed by atoms with E-state index in [1.54, 1.807) is 6.07 Å². The molecule has 0 radical (unpaired) electrons. The average molecular weight is 383 g/mol. The van der Waals surface area contributed by atoms with Crippen molar-refractivity contribution in [2.75, 3.05) is 11.9 Å². The van der Waals surface area contributed by atoms with E-state index >= 15 is 0 Å². The van der Waals surface area contributed by atoms with E-state index in [0.29, 0.717) is 5.56 Å². The normalized spacial score (nSPS) is 10.2. The van der Waals surface area contributed by atoms with E-state index in [0.717, 1.165) is 0 Å². The van der Waals surface area contributed by atoms with Crippen LogP contribution in [-0.4, -0.2) is 23.4 Å². The van der Waals surface area contributed by atoms with Crippen LogP contribution in [0, 0.1) is 17.0 Å². The van der Waals surface area contributed by atoms with E-state index in [2.05, 4.69) is 5.32 Å². The molecule has 1 N–H and O–H groups in total. The SMILES string of the molecule is Cc1c(NC(=O)COC(=O)c2c(Cl)cccc2Cl)cccc1[N+](=O)[O-]. The number of nitro benzene ring substituents is 1. The lowest BCUT2D eigenvalue weighted by atomic mass is 10.1. The van der Waals surface area contributed by atoms with Crippen molar-refractivity contribution in [1.82, 2.24) is 0 Å². The van der Waals surface area contributed by atoms with Gasteiger partial charge in [0.05, 0.1) is 31.8 Å². The maximum atomic E-state index is 12.0. The minimum Gasteiger partial charge on any atom is -0.452 e. The van der Waals surface area contributed by atoms with Crippen LogP contribution in [0.15, 0.2) is 36.4 Å². The monoisotopic (exact) mass is 382 g/mol. The van der Waals surface area contributed by atoms with Gasteiger partial charge in [0.15, 0.2) is 6.61 Å². The number of ether oxygens (including phenoxy) is 1. The molecule has 0 saturated carbocycles. The number of hydrogen-bond acceptors (Lipinski definition) is 5. The first-order chi connectivity index (χ1) is 11.8. The molecule has 0 aromatic heterocycles. The lowest BCUT2D eigenvalue weighted by molar-refractivity contribution is -0.385. The maximum absolute atomic E-state index is 12.0. The molecule has 0 unspecified atom stereocenters. The number of amides is 1. The molecule has 0 heterocycles. The molecule has 2 rings (SSSR count). The highest BCUT2D eigenvalue weighted by atomic mass is 35.5. The summed E-state index contributed by atoms with van der Waals surface area (Å²) in [5.74, 6) is -1.50. The summed E-state index contributed by atoms with van der Waals surface area (Å²) in [5, 5.41) is 13.6. The lowest BCUT2D eigenvalue weighted by Crippen LogP contribution is -2.21. The summed E-state index contributed by atoms with van der Waals surface area (Å²) in [7, 11) is 0. The van der Waals surface area contributed by atoms with Gasteiger partial charge < -0.3 is 10.1 Å². The number of nitrogens with zero attached hydrogens (tertiary/aromatic N) is 1. The van der Waals surface area contributed by atoms with E-state index in [1.165, 1.54) is 37.3 Å². The number of carbonyl (C=O) groups excluding carboxylic acids is 2. The summed E-state index contributed by atoms with van der Waals surface area (Å²) in [6, 6.07) is 8.78. The smallest absolute Gasteiger partial charge is 0.341 e. The largest absolute Gasteiger partial charge is 0.452 e. The van der Waals surface area contributed by atoms with Gasteiger partial charge in [-0.1, -0.05) is 35.3 Å². The van der Waals surface area contributed by atoms with Crippen LogP contribution in [0.4, 0.5) is 11.4 Å². The topological polar surface area (TPSA) is 98.5 Å². The molecule has 0 aliphatic rings. The van der Waals surface area contributed by atoms with Crippen molar-refractivity contribution in [2.24, 2.45) is 0 Å². The van der Waals surface area contributed by atoms with E-state index < -0.39 is 23.4 Å². The van der Waals surface area contributed by atoms with Crippen molar-refractivity contribution in [3.63, 3.8) is 0 Å². The Bertz CT molecular complexity index is 834. The molecule has 0 bridgehead atoms. The number of halogens is 2. The molecule has 0 atom stereocenters. The molecule has 0 spiro atoms. The second-order valence-corrected chi connectivity index (χ2v) is 5.74. The Kier molecular flexibility index (Phi) is 5.95. The third-order valence-electron chi connectivity index (χ3n) is 3.28. The van der Waals surface area contributed by atoms with Crippen LogP contribution in [0.5, 0.6) is 0 Å². The quantitative estimate of drug-likeness (QED) is 0.478. The van der Waals surface area contributed by atoms with Crippen LogP contribution in [-0.2, 0) is 9.53 Å². The van der Waals surface area contributed by atoms with Gasteiger partial charge in [0, 0.05) is 6.07 Å². The van der Waals surface area contributed by atoms with E-state index in [9.17, 15) is 19.7 Å². The minimum atomic E-state index is -0.846. The summed E-state index contributed by atoms with van der Waals surface area (Å²) in [5.41, 5.74) is 0.384. The number of benzene rings is 2. The summed E-state index contributed by atoms with van der Waals surface area (Å²) < 4.78 is 4.89. The summed E-state index contributed by atoms with van der Waals surface area (Å²) >= 11 is 11.8. The van der Waals surface area contributed by atoms with Gasteiger partial charge in [-0.2, -0.15) is 0 Å². The Morgan fingerprint density at radius 2 is 1.76 bits per heavy atom. The predicted octanol–water partition coefficient (Wildman–Crippen LogP) is 4.01. The maximum Gasteiger partial charge on any atom is 0.341 e. The Morgan fingerprint density at radius 1 is 1.16 bits per heavy atom. The van der Waals surface area contributed by atoms with Gasteiger partial charge in [0.1, 0.15) is 0 Å². The molecular formula is C16H12Cl2N2O5. The molecule has 7 nitrogen and oxygen atoms in total. The summed E-state index contributed by atoms with van der Waals surface area (Å²) in [6.45, 7) is 0.909. The molecular weight excluding hydrogens is 371 g/mol. The van der Waals surface area contributed by atoms with Crippen LogP contribution in [0.25, 0.3) is 0 Å². The van der Waals surface area contributed by atoms with Crippen LogP contribution in [0.1, 0.15) is 15.9 Å². The second-order valence-electron chi connectivity index (χ2n) is 4.93. The van der Waals surface area contributed by atoms with Crippen molar-refractivity contribution in [3.05, 3.63) is 67.7 Å². The fourth-order valence-corrected chi connectivity index (χ4v) is 2.59. The highest BCUT2D eigenvalue weighted by Gasteiger charge is 2.18. The van der Waals surface area contributed by atoms with Crippen LogP contribution in [0.2, 0.25) is 10.0 Å². The lowest BCUT2D eigenvalue weighted by Gasteiger charge is -2.10. The first kappa shape index (κ1) is 18.7.